The van der Waals surface area contributed by atoms with E-state index in [-0.39, 0.29) is 11.8 Å². The Morgan fingerprint density at radius 3 is 2.37 bits per heavy atom. The fourth-order valence-electron chi connectivity index (χ4n) is 4.99. The Bertz CT molecular complexity index is 1360. The molecule has 1 saturated heterocycles. The molecule has 178 valence electrons. The molecule has 1 aliphatic heterocycles. The van der Waals surface area contributed by atoms with E-state index in [9.17, 15) is 14.4 Å². The summed E-state index contributed by atoms with van der Waals surface area (Å²) >= 11 is 0. The number of hydrogen-bond acceptors (Lipinski definition) is 4. The molecule has 0 aromatic heterocycles. The summed E-state index contributed by atoms with van der Waals surface area (Å²) in [6, 6.07) is 17.2. The number of likely N-dealkylation sites (N-methyl/N-ethyl adjacent to an activating group) is 1. The molecule has 1 heterocycles. The SMILES string of the molecule is CC(=O)Nc1cccc(-c2cc(C(N)=O)c3c(c2)-c2ccc(C(=O)N4CCN(C)CC4)cc2C3)c1. The molecule has 3 aromatic rings. The standard InChI is InChI=1S/C28H28N4O3/c1-17(33)30-22-5-3-4-18(13-22)20-14-24-23-7-6-19(28(35)32-10-8-31(2)9-11-32)12-21(23)16-25(24)26(15-20)27(29)34/h3-7,12-15H,8-11,16H2,1-2H3,(H2,29,34)(H,30,33). The van der Waals surface area contributed by atoms with Crippen molar-refractivity contribution in [2.75, 3.05) is 38.5 Å². The van der Waals surface area contributed by atoms with Crippen LogP contribution in [0.3, 0.4) is 0 Å². The second-order valence-corrected chi connectivity index (χ2v) is 9.32. The second-order valence-electron chi connectivity index (χ2n) is 9.32. The molecule has 3 N–H and O–H groups in total. The van der Waals surface area contributed by atoms with Crippen LogP contribution in [0, 0.1) is 0 Å². The van der Waals surface area contributed by atoms with E-state index in [1.54, 1.807) is 0 Å². The number of rotatable bonds is 4. The lowest BCUT2D eigenvalue weighted by molar-refractivity contribution is -0.114. The lowest BCUT2D eigenvalue weighted by Gasteiger charge is -2.32. The molecule has 1 fully saturated rings. The Morgan fingerprint density at radius 1 is 0.886 bits per heavy atom. The van der Waals surface area contributed by atoms with Gasteiger partial charge in [-0.3, -0.25) is 14.4 Å². The summed E-state index contributed by atoms with van der Waals surface area (Å²) < 4.78 is 0. The zero-order chi connectivity index (χ0) is 24.7. The first-order valence-electron chi connectivity index (χ1n) is 11.8. The summed E-state index contributed by atoms with van der Waals surface area (Å²) in [6.07, 6.45) is 0.555. The second kappa shape index (κ2) is 9.00. The van der Waals surface area contributed by atoms with Gasteiger partial charge in [0.25, 0.3) is 5.91 Å². The van der Waals surface area contributed by atoms with Gasteiger partial charge in [0.2, 0.25) is 11.8 Å². The van der Waals surface area contributed by atoms with E-state index in [2.05, 4.69) is 23.3 Å². The van der Waals surface area contributed by atoms with Crippen molar-refractivity contribution in [1.29, 1.82) is 0 Å². The van der Waals surface area contributed by atoms with Crippen molar-refractivity contribution in [2.45, 2.75) is 13.3 Å². The Hall–Kier alpha value is -3.97. The molecular formula is C28H28N4O3. The van der Waals surface area contributed by atoms with Crippen molar-refractivity contribution >= 4 is 23.4 Å². The van der Waals surface area contributed by atoms with E-state index in [0.717, 1.165) is 59.6 Å². The highest BCUT2D eigenvalue weighted by molar-refractivity contribution is 6.01. The molecule has 3 amide bonds. The molecule has 2 aliphatic rings. The van der Waals surface area contributed by atoms with Crippen LogP contribution in [0.2, 0.25) is 0 Å². The van der Waals surface area contributed by atoms with Gasteiger partial charge in [-0.1, -0.05) is 18.2 Å². The number of carbonyl (C=O) groups is 3. The highest BCUT2D eigenvalue weighted by Gasteiger charge is 2.27. The summed E-state index contributed by atoms with van der Waals surface area (Å²) in [5.74, 6) is -0.588. The predicted octanol–water partition coefficient (Wildman–Crippen LogP) is 3.37. The number of primary amides is 1. The third-order valence-electron chi connectivity index (χ3n) is 6.83. The molecular weight excluding hydrogens is 440 g/mol. The summed E-state index contributed by atoms with van der Waals surface area (Å²) in [6.45, 7) is 4.65. The summed E-state index contributed by atoms with van der Waals surface area (Å²) in [5.41, 5.74) is 13.2. The fraction of sp³-hybridized carbons (Fsp3) is 0.250. The van der Waals surface area contributed by atoms with Crippen molar-refractivity contribution in [1.82, 2.24) is 9.80 Å². The molecule has 0 spiro atoms. The third-order valence-corrected chi connectivity index (χ3v) is 6.83. The highest BCUT2D eigenvalue weighted by atomic mass is 16.2. The molecule has 0 bridgehead atoms. The van der Waals surface area contributed by atoms with Crippen molar-refractivity contribution in [3.8, 4) is 22.3 Å². The van der Waals surface area contributed by atoms with Gasteiger partial charge < -0.3 is 20.9 Å². The van der Waals surface area contributed by atoms with Crippen molar-refractivity contribution in [3.63, 3.8) is 0 Å². The van der Waals surface area contributed by atoms with E-state index in [4.69, 9.17) is 5.73 Å². The maximum absolute atomic E-state index is 13.1. The van der Waals surface area contributed by atoms with Gasteiger partial charge in [-0.25, -0.2) is 0 Å². The number of fused-ring (bicyclic) bond motifs is 3. The summed E-state index contributed by atoms with van der Waals surface area (Å²) in [5, 5.41) is 2.80. The molecule has 0 saturated carbocycles. The Labute approximate surface area is 204 Å². The summed E-state index contributed by atoms with van der Waals surface area (Å²) in [4.78, 5) is 41.1. The molecule has 7 heteroatoms. The van der Waals surface area contributed by atoms with E-state index in [1.807, 2.05) is 53.4 Å². The maximum atomic E-state index is 13.1. The van der Waals surface area contributed by atoms with Crippen molar-refractivity contribution in [3.05, 3.63) is 76.9 Å². The van der Waals surface area contributed by atoms with Gasteiger partial charge in [0.05, 0.1) is 0 Å². The zero-order valence-corrected chi connectivity index (χ0v) is 19.9. The van der Waals surface area contributed by atoms with Crippen LogP contribution < -0.4 is 11.1 Å². The minimum Gasteiger partial charge on any atom is -0.366 e. The quantitative estimate of drug-likeness (QED) is 0.480. The van der Waals surface area contributed by atoms with Crippen LogP contribution in [0.1, 0.15) is 38.8 Å². The zero-order valence-electron chi connectivity index (χ0n) is 19.9. The van der Waals surface area contributed by atoms with Gasteiger partial charge in [0, 0.05) is 49.9 Å². The predicted molar refractivity (Wildman–Crippen MR) is 136 cm³/mol. The smallest absolute Gasteiger partial charge is 0.253 e. The van der Waals surface area contributed by atoms with Crippen LogP contribution in [0.4, 0.5) is 5.69 Å². The number of amides is 3. The van der Waals surface area contributed by atoms with Crippen molar-refractivity contribution in [2.24, 2.45) is 5.73 Å². The normalized spacial score (nSPS) is 14.9. The molecule has 3 aromatic carbocycles. The minimum absolute atomic E-state index is 0.0439. The van der Waals surface area contributed by atoms with Crippen LogP contribution in [0.5, 0.6) is 0 Å². The molecule has 5 rings (SSSR count). The molecule has 0 radical (unpaired) electrons. The molecule has 1 aliphatic carbocycles. The van der Waals surface area contributed by atoms with E-state index < -0.39 is 5.91 Å². The monoisotopic (exact) mass is 468 g/mol. The lowest BCUT2D eigenvalue weighted by atomic mass is 9.93. The summed E-state index contributed by atoms with van der Waals surface area (Å²) in [7, 11) is 2.06. The van der Waals surface area contributed by atoms with Gasteiger partial charge in [-0.15, -0.1) is 0 Å². The number of nitrogens with two attached hydrogens (primary N) is 1. The number of carbonyl (C=O) groups excluding carboxylic acids is 3. The first-order chi connectivity index (χ1) is 16.8. The van der Waals surface area contributed by atoms with E-state index in [0.29, 0.717) is 23.2 Å². The number of nitrogens with zero attached hydrogens (tertiary/aromatic N) is 2. The van der Waals surface area contributed by atoms with Crippen LogP contribution in [-0.2, 0) is 11.2 Å². The average Bonchev–Trinajstić information content (AvgIpc) is 3.21. The van der Waals surface area contributed by atoms with Crippen LogP contribution >= 0.6 is 0 Å². The van der Waals surface area contributed by atoms with Gasteiger partial charge in [-0.2, -0.15) is 0 Å². The number of piperazine rings is 1. The van der Waals surface area contributed by atoms with Gasteiger partial charge >= 0.3 is 0 Å². The Balaban J connectivity index is 1.52. The minimum atomic E-state index is -0.484. The molecule has 35 heavy (non-hydrogen) atoms. The fourth-order valence-corrected chi connectivity index (χ4v) is 4.99. The largest absolute Gasteiger partial charge is 0.366 e. The Morgan fingerprint density at radius 2 is 1.66 bits per heavy atom. The number of benzene rings is 3. The molecule has 0 atom stereocenters. The van der Waals surface area contributed by atoms with Gasteiger partial charge in [0.15, 0.2) is 0 Å². The van der Waals surface area contributed by atoms with E-state index >= 15 is 0 Å². The maximum Gasteiger partial charge on any atom is 0.253 e. The van der Waals surface area contributed by atoms with Crippen molar-refractivity contribution < 1.29 is 14.4 Å². The van der Waals surface area contributed by atoms with Gasteiger partial charge in [-0.05, 0) is 83.2 Å². The third kappa shape index (κ3) is 4.42. The van der Waals surface area contributed by atoms with Crippen LogP contribution in [0.15, 0.2) is 54.6 Å². The average molecular weight is 469 g/mol. The first-order valence-corrected chi connectivity index (χ1v) is 11.8. The van der Waals surface area contributed by atoms with Crippen LogP contribution in [0.25, 0.3) is 22.3 Å². The molecule has 7 nitrogen and oxygen atoms in total. The topological polar surface area (TPSA) is 95.7 Å². The number of anilines is 1. The number of hydrogen-bond donors (Lipinski definition) is 2. The van der Waals surface area contributed by atoms with Gasteiger partial charge in [0.1, 0.15) is 0 Å². The van der Waals surface area contributed by atoms with E-state index in [1.165, 1.54) is 6.92 Å². The molecule has 0 unspecified atom stereocenters. The highest BCUT2D eigenvalue weighted by Crippen LogP contribution is 2.41. The first kappa shape index (κ1) is 22.8. The van der Waals surface area contributed by atoms with Crippen LogP contribution in [-0.4, -0.2) is 60.7 Å². The number of nitrogens with one attached hydrogen (secondary N) is 1. The Kier molecular flexibility index (Phi) is 5.86. The lowest BCUT2D eigenvalue weighted by Crippen LogP contribution is -2.47.